The first kappa shape index (κ1) is 13.3. The van der Waals surface area contributed by atoms with Crippen molar-refractivity contribution in [2.45, 2.75) is 4.90 Å². The van der Waals surface area contributed by atoms with E-state index in [1.807, 2.05) is 0 Å². The first-order valence-electron chi connectivity index (χ1n) is 2.67. The van der Waals surface area contributed by atoms with Crippen LogP contribution in [0.25, 0.3) is 0 Å². The summed E-state index contributed by atoms with van der Waals surface area (Å²) in [6, 6.07) is 5.11. The van der Waals surface area contributed by atoms with Gasteiger partial charge in [0.25, 0.3) is 0 Å². The molecule has 1 N–H and O–H groups in total. The summed E-state index contributed by atoms with van der Waals surface area (Å²) in [5.74, 6) is 0. The third-order valence-electron chi connectivity index (χ3n) is 1.08. The molecule has 0 radical (unpaired) electrons. The molecule has 0 heterocycles. The molecule has 0 aliphatic carbocycles. The molecule has 1 unspecified atom stereocenters. The molecule has 1 rings (SSSR count). The van der Waals surface area contributed by atoms with Gasteiger partial charge >= 0.3 is 29.6 Å². The maximum Gasteiger partial charge on any atom is 1.00 e. The van der Waals surface area contributed by atoms with E-state index in [-0.39, 0.29) is 29.6 Å². The standard InChI is InChI=1S/C6H4Br2O2S.Na/c7-4-1-2-5(8)6(3-4)11(9)10;/h1-3H,(H,9,10);/q;+1. The normalized spacial score (nSPS) is 11.9. The molecule has 0 aliphatic rings. The second-order valence-electron chi connectivity index (χ2n) is 1.82. The Morgan fingerprint density at radius 2 is 1.92 bits per heavy atom. The first-order valence-corrected chi connectivity index (χ1v) is 5.36. The van der Waals surface area contributed by atoms with Crippen LogP contribution in [0.3, 0.4) is 0 Å². The second kappa shape index (κ2) is 5.90. The van der Waals surface area contributed by atoms with Crippen LogP contribution in [0, 0.1) is 0 Å². The van der Waals surface area contributed by atoms with Gasteiger partial charge in [-0.1, -0.05) is 15.9 Å². The minimum Gasteiger partial charge on any atom is -0.302 e. The summed E-state index contributed by atoms with van der Waals surface area (Å²) in [4.78, 5) is 0.374. The first-order chi connectivity index (χ1) is 5.11. The Bertz CT molecular complexity index is 306. The molecule has 0 aromatic heterocycles. The van der Waals surface area contributed by atoms with Crippen LogP contribution < -0.4 is 29.6 Å². The van der Waals surface area contributed by atoms with E-state index < -0.39 is 11.1 Å². The summed E-state index contributed by atoms with van der Waals surface area (Å²) in [5, 5.41) is 0. The Morgan fingerprint density at radius 3 is 2.33 bits per heavy atom. The van der Waals surface area contributed by atoms with Gasteiger partial charge in [-0.25, -0.2) is 4.21 Å². The number of benzene rings is 1. The van der Waals surface area contributed by atoms with E-state index in [1.54, 1.807) is 18.2 Å². The summed E-state index contributed by atoms with van der Waals surface area (Å²) in [6.07, 6.45) is 0. The van der Waals surface area contributed by atoms with Crippen LogP contribution in [0.5, 0.6) is 0 Å². The van der Waals surface area contributed by atoms with E-state index in [0.29, 0.717) is 9.37 Å². The van der Waals surface area contributed by atoms with E-state index in [4.69, 9.17) is 4.55 Å². The zero-order chi connectivity index (χ0) is 8.43. The average Bonchev–Trinajstić information content (AvgIpc) is 1.94. The predicted octanol–water partition coefficient (Wildman–Crippen LogP) is -0.204. The quantitative estimate of drug-likeness (QED) is 0.574. The van der Waals surface area contributed by atoms with Gasteiger partial charge < -0.3 is 4.55 Å². The Morgan fingerprint density at radius 1 is 1.33 bits per heavy atom. The smallest absolute Gasteiger partial charge is 0.302 e. The van der Waals surface area contributed by atoms with Crippen molar-refractivity contribution in [3.63, 3.8) is 0 Å². The zero-order valence-electron chi connectivity index (χ0n) is 6.25. The minimum absolute atomic E-state index is 0. The molecule has 60 valence electrons. The molecule has 6 heteroatoms. The van der Waals surface area contributed by atoms with E-state index in [2.05, 4.69) is 31.9 Å². The van der Waals surface area contributed by atoms with E-state index >= 15 is 0 Å². The molecule has 0 aliphatic heterocycles. The Balaban J connectivity index is 0.00000121. The van der Waals surface area contributed by atoms with Crippen LogP contribution in [0.2, 0.25) is 0 Å². The van der Waals surface area contributed by atoms with Crippen LogP contribution in [0.1, 0.15) is 0 Å². The van der Waals surface area contributed by atoms with Gasteiger partial charge in [0.05, 0.1) is 4.90 Å². The fourth-order valence-corrected chi connectivity index (χ4v) is 2.25. The molecular weight excluding hydrogens is 319 g/mol. The molecule has 2 nitrogen and oxygen atoms in total. The van der Waals surface area contributed by atoms with Crippen LogP contribution >= 0.6 is 31.9 Å². The van der Waals surface area contributed by atoms with Crippen molar-refractivity contribution in [2.24, 2.45) is 0 Å². The molecule has 0 amide bonds. The topological polar surface area (TPSA) is 37.3 Å². The van der Waals surface area contributed by atoms with Gasteiger partial charge in [0, 0.05) is 8.95 Å². The van der Waals surface area contributed by atoms with Crippen molar-refractivity contribution in [1.29, 1.82) is 0 Å². The maximum absolute atomic E-state index is 10.6. The third kappa shape index (κ3) is 3.57. The summed E-state index contributed by atoms with van der Waals surface area (Å²) < 4.78 is 20.8. The van der Waals surface area contributed by atoms with Gasteiger partial charge in [-0.05, 0) is 34.1 Å². The fraction of sp³-hybridized carbons (Fsp3) is 0. The molecule has 0 fully saturated rings. The monoisotopic (exact) mass is 321 g/mol. The SMILES string of the molecule is O=S(O)c1cc(Br)ccc1Br.[Na+]. The summed E-state index contributed by atoms with van der Waals surface area (Å²) in [7, 11) is 0. The Kier molecular flexibility index (Phi) is 6.54. The van der Waals surface area contributed by atoms with Crippen LogP contribution in [0.4, 0.5) is 0 Å². The Hall–Kier alpha value is 1.29. The van der Waals surface area contributed by atoms with Crippen molar-refractivity contribution in [1.82, 2.24) is 0 Å². The number of halogens is 2. The molecule has 0 saturated carbocycles. The summed E-state index contributed by atoms with van der Waals surface area (Å²) >= 11 is 4.43. The number of hydrogen-bond acceptors (Lipinski definition) is 1. The largest absolute Gasteiger partial charge is 1.00 e. The van der Waals surface area contributed by atoms with Crippen molar-refractivity contribution in [3.05, 3.63) is 27.1 Å². The molecular formula is C6H4Br2NaO2S+. The number of hydrogen-bond donors (Lipinski definition) is 1. The summed E-state index contributed by atoms with van der Waals surface area (Å²) in [5.41, 5.74) is 0. The van der Waals surface area contributed by atoms with Crippen molar-refractivity contribution in [2.75, 3.05) is 0 Å². The van der Waals surface area contributed by atoms with Crippen molar-refractivity contribution >= 4 is 42.9 Å². The zero-order valence-corrected chi connectivity index (χ0v) is 12.2. The minimum atomic E-state index is -1.93. The van der Waals surface area contributed by atoms with Gasteiger partial charge in [0.2, 0.25) is 0 Å². The van der Waals surface area contributed by atoms with Gasteiger partial charge in [-0.3, -0.25) is 0 Å². The Labute approximate surface area is 112 Å². The molecule has 1 aromatic rings. The van der Waals surface area contributed by atoms with Crippen molar-refractivity contribution in [3.8, 4) is 0 Å². The molecule has 1 aromatic carbocycles. The predicted molar refractivity (Wildman–Crippen MR) is 50.9 cm³/mol. The van der Waals surface area contributed by atoms with Gasteiger partial charge in [0.1, 0.15) is 0 Å². The second-order valence-corrected chi connectivity index (χ2v) is 4.53. The van der Waals surface area contributed by atoms with Gasteiger partial charge in [-0.2, -0.15) is 0 Å². The maximum atomic E-state index is 10.6. The van der Waals surface area contributed by atoms with Gasteiger partial charge in [0.15, 0.2) is 11.1 Å². The molecule has 12 heavy (non-hydrogen) atoms. The molecule has 0 spiro atoms. The molecule has 0 saturated heterocycles. The van der Waals surface area contributed by atoms with E-state index in [0.717, 1.165) is 4.47 Å². The van der Waals surface area contributed by atoms with E-state index in [9.17, 15) is 4.21 Å². The van der Waals surface area contributed by atoms with Crippen LogP contribution in [0.15, 0.2) is 32.0 Å². The molecule has 0 bridgehead atoms. The van der Waals surface area contributed by atoms with Crippen LogP contribution in [-0.2, 0) is 11.1 Å². The van der Waals surface area contributed by atoms with Crippen LogP contribution in [-0.4, -0.2) is 8.76 Å². The van der Waals surface area contributed by atoms with E-state index in [1.165, 1.54) is 0 Å². The fourth-order valence-electron chi connectivity index (χ4n) is 0.611. The number of rotatable bonds is 1. The third-order valence-corrected chi connectivity index (χ3v) is 3.24. The van der Waals surface area contributed by atoms with Crippen molar-refractivity contribution < 1.29 is 38.3 Å². The van der Waals surface area contributed by atoms with Gasteiger partial charge in [-0.15, -0.1) is 0 Å². The molecule has 1 atom stereocenters. The average molecular weight is 323 g/mol. The summed E-state index contributed by atoms with van der Waals surface area (Å²) in [6.45, 7) is 0.